The van der Waals surface area contributed by atoms with Crippen LogP contribution in [0, 0.1) is 5.41 Å². The van der Waals surface area contributed by atoms with Crippen LogP contribution >= 0.6 is 22.9 Å². The molecule has 0 aliphatic heterocycles. The highest BCUT2D eigenvalue weighted by Crippen LogP contribution is 2.45. The first kappa shape index (κ1) is 15.1. The van der Waals surface area contributed by atoms with Gasteiger partial charge in [0.2, 0.25) is 0 Å². The number of hydrogen-bond donors (Lipinski definition) is 2. The first-order valence-corrected chi connectivity index (χ1v) is 8.07. The van der Waals surface area contributed by atoms with Crippen LogP contribution < -0.4 is 5.32 Å². The van der Waals surface area contributed by atoms with Crippen LogP contribution in [-0.4, -0.2) is 23.5 Å². The maximum absolute atomic E-state index is 12.1. The van der Waals surface area contributed by atoms with E-state index < -0.39 is 11.4 Å². The van der Waals surface area contributed by atoms with Gasteiger partial charge in [-0.05, 0) is 42.7 Å². The van der Waals surface area contributed by atoms with Gasteiger partial charge in [-0.25, -0.2) is 0 Å². The molecule has 3 rings (SSSR count). The number of carboxylic acid groups (broad SMARTS) is 1. The van der Waals surface area contributed by atoms with Crippen LogP contribution in [0.4, 0.5) is 0 Å². The number of rotatable bonds is 5. The Labute approximate surface area is 136 Å². The lowest BCUT2D eigenvalue weighted by molar-refractivity contribution is -0.143. The smallest absolute Gasteiger partial charge is 0.311 e. The molecule has 1 amide bonds. The quantitative estimate of drug-likeness (QED) is 0.876. The lowest BCUT2D eigenvalue weighted by Crippen LogP contribution is -2.33. The van der Waals surface area contributed by atoms with Gasteiger partial charge in [-0.1, -0.05) is 23.7 Å². The zero-order valence-electron chi connectivity index (χ0n) is 11.6. The molecular formula is C16H14ClNO3S. The third-order valence-electron chi connectivity index (χ3n) is 3.85. The SMILES string of the molecule is O=C(NCC1(C(=O)O)CC1)c1ccc(-c2ccc(Cl)cc2)s1. The largest absolute Gasteiger partial charge is 0.481 e. The molecule has 0 unspecified atom stereocenters. The van der Waals surface area contributed by atoms with E-state index in [9.17, 15) is 9.59 Å². The normalized spacial score (nSPS) is 15.3. The monoisotopic (exact) mass is 335 g/mol. The van der Waals surface area contributed by atoms with Gasteiger partial charge in [0.05, 0.1) is 10.3 Å². The van der Waals surface area contributed by atoms with E-state index in [-0.39, 0.29) is 12.5 Å². The highest BCUT2D eigenvalue weighted by molar-refractivity contribution is 7.17. The molecule has 0 bridgehead atoms. The molecule has 22 heavy (non-hydrogen) atoms. The molecule has 2 aromatic rings. The van der Waals surface area contributed by atoms with E-state index in [0.29, 0.717) is 22.7 Å². The summed E-state index contributed by atoms with van der Waals surface area (Å²) in [6, 6.07) is 11.1. The summed E-state index contributed by atoms with van der Waals surface area (Å²) >= 11 is 7.24. The molecular weight excluding hydrogens is 322 g/mol. The number of nitrogens with one attached hydrogen (secondary N) is 1. The van der Waals surface area contributed by atoms with Gasteiger partial charge in [-0.3, -0.25) is 9.59 Å². The fourth-order valence-electron chi connectivity index (χ4n) is 2.18. The first-order valence-electron chi connectivity index (χ1n) is 6.88. The third kappa shape index (κ3) is 3.00. The Balaban J connectivity index is 1.67. The zero-order chi connectivity index (χ0) is 15.7. The van der Waals surface area contributed by atoms with E-state index in [1.165, 1.54) is 11.3 Å². The summed E-state index contributed by atoms with van der Waals surface area (Å²) < 4.78 is 0. The minimum Gasteiger partial charge on any atom is -0.481 e. The molecule has 1 aliphatic carbocycles. The van der Waals surface area contributed by atoms with Gasteiger partial charge in [-0.2, -0.15) is 0 Å². The van der Waals surface area contributed by atoms with Crippen molar-refractivity contribution in [3.8, 4) is 10.4 Å². The molecule has 1 heterocycles. The third-order valence-corrected chi connectivity index (χ3v) is 5.24. The summed E-state index contributed by atoms with van der Waals surface area (Å²) in [6.07, 6.45) is 1.26. The van der Waals surface area contributed by atoms with Crippen LogP contribution in [0.2, 0.25) is 5.02 Å². The van der Waals surface area contributed by atoms with Crippen molar-refractivity contribution in [2.45, 2.75) is 12.8 Å². The maximum atomic E-state index is 12.1. The summed E-state index contributed by atoms with van der Waals surface area (Å²) in [7, 11) is 0. The van der Waals surface area contributed by atoms with Crippen molar-refractivity contribution in [1.29, 1.82) is 0 Å². The van der Waals surface area contributed by atoms with Crippen molar-refractivity contribution in [2.75, 3.05) is 6.54 Å². The van der Waals surface area contributed by atoms with Crippen molar-refractivity contribution in [1.82, 2.24) is 5.32 Å². The Morgan fingerprint density at radius 2 is 1.86 bits per heavy atom. The van der Waals surface area contributed by atoms with Crippen LogP contribution in [0.3, 0.4) is 0 Å². The van der Waals surface area contributed by atoms with Crippen LogP contribution in [0.1, 0.15) is 22.5 Å². The summed E-state index contributed by atoms with van der Waals surface area (Å²) in [5, 5.41) is 12.5. The molecule has 0 atom stereocenters. The second-order valence-electron chi connectivity index (χ2n) is 5.44. The van der Waals surface area contributed by atoms with Crippen molar-refractivity contribution in [2.24, 2.45) is 5.41 Å². The molecule has 6 heteroatoms. The maximum Gasteiger partial charge on any atom is 0.311 e. The van der Waals surface area contributed by atoms with E-state index in [4.69, 9.17) is 16.7 Å². The van der Waals surface area contributed by atoms with Crippen molar-refractivity contribution in [3.05, 3.63) is 46.3 Å². The highest BCUT2D eigenvalue weighted by atomic mass is 35.5. The van der Waals surface area contributed by atoms with Gasteiger partial charge in [-0.15, -0.1) is 11.3 Å². The predicted molar refractivity (Wildman–Crippen MR) is 86.4 cm³/mol. The Hall–Kier alpha value is -1.85. The van der Waals surface area contributed by atoms with E-state index in [1.54, 1.807) is 18.2 Å². The molecule has 1 aromatic heterocycles. The second kappa shape index (κ2) is 5.74. The summed E-state index contributed by atoms with van der Waals surface area (Å²) in [5.41, 5.74) is 0.254. The molecule has 4 nitrogen and oxygen atoms in total. The summed E-state index contributed by atoms with van der Waals surface area (Å²) in [5.74, 6) is -1.06. The molecule has 1 aromatic carbocycles. The number of halogens is 1. The Bertz CT molecular complexity index is 719. The molecule has 2 N–H and O–H groups in total. The van der Waals surface area contributed by atoms with Gasteiger partial charge < -0.3 is 10.4 Å². The van der Waals surface area contributed by atoms with Gasteiger partial charge in [0.1, 0.15) is 0 Å². The van der Waals surface area contributed by atoms with E-state index in [0.717, 1.165) is 10.4 Å². The number of aliphatic carboxylic acids is 1. The number of amides is 1. The number of benzene rings is 1. The number of hydrogen-bond acceptors (Lipinski definition) is 3. The first-order chi connectivity index (χ1) is 10.5. The fraction of sp³-hybridized carbons (Fsp3) is 0.250. The van der Waals surface area contributed by atoms with Gasteiger partial charge in [0.15, 0.2) is 0 Å². The van der Waals surface area contributed by atoms with E-state index >= 15 is 0 Å². The molecule has 114 valence electrons. The lowest BCUT2D eigenvalue weighted by Gasteiger charge is -2.10. The van der Waals surface area contributed by atoms with Crippen molar-refractivity contribution < 1.29 is 14.7 Å². The number of carboxylic acids is 1. The Morgan fingerprint density at radius 3 is 2.45 bits per heavy atom. The van der Waals surface area contributed by atoms with Gasteiger partial charge in [0.25, 0.3) is 5.91 Å². The van der Waals surface area contributed by atoms with Gasteiger partial charge in [0, 0.05) is 16.4 Å². The average Bonchev–Trinajstić information content (AvgIpc) is 3.15. The minimum atomic E-state index is -0.833. The zero-order valence-corrected chi connectivity index (χ0v) is 13.2. The second-order valence-corrected chi connectivity index (χ2v) is 6.96. The van der Waals surface area contributed by atoms with Crippen LogP contribution in [0.15, 0.2) is 36.4 Å². The lowest BCUT2D eigenvalue weighted by atomic mass is 10.1. The Morgan fingerprint density at radius 1 is 1.18 bits per heavy atom. The van der Waals surface area contributed by atoms with Crippen molar-refractivity contribution >= 4 is 34.8 Å². The molecule has 1 fully saturated rings. The van der Waals surface area contributed by atoms with Crippen LogP contribution in [-0.2, 0) is 4.79 Å². The van der Waals surface area contributed by atoms with Crippen LogP contribution in [0.25, 0.3) is 10.4 Å². The predicted octanol–water partition coefficient (Wildman–Crippen LogP) is 3.66. The van der Waals surface area contributed by atoms with Crippen LogP contribution in [0.5, 0.6) is 0 Å². The molecule has 0 radical (unpaired) electrons. The fourth-order valence-corrected chi connectivity index (χ4v) is 3.24. The molecule has 1 saturated carbocycles. The standard InChI is InChI=1S/C16H14ClNO3S/c17-11-3-1-10(2-4-11)12-5-6-13(22-12)14(19)18-9-16(7-8-16)15(20)21/h1-6H,7-9H2,(H,18,19)(H,20,21). The number of carbonyl (C=O) groups is 2. The topological polar surface area (TPSA) is 66.4 Å². The Kier molecular flexibility index (Phi) is 3.93. The van der Waals surface area contributed by atoms with Gasteiger partial charge >= 0.3 is 5.97 Å². The minimum absolute atomic E-state index is 0.190. The molecule has 1 aliphatic rings. The van der Waals surface area contributed by atoms with E-state index in [1.807, 2.05) is 18.2 Å². The van der Waals surface area contributed by atoms with Crippen molar-refractivity contribution in [3.63, 3.8) is 0 Å². The molecule has 0 spiro atoms. The summed E-state index contributed by atoms with van der Waals surface area (Å²) in [6.45, 7) is 0.190. The average molecular weight is 336 g/mol. The summed E-state index contributed by atoms with van der Waals surface area (Å²) in [4.78, 5) is 24.8. The molecule has 0 saturated heterocycles. The highest BCUT2D eigenvalue weighted by Gasteiger charge is 2.50. The van der Waals surface area contributed by atoms with E-state index in [2.05, 4.69) is 5.32 Å². The number of thiophene rings is 1. The number of carbonyl (C=O) groups excluding carboxylic acids is 1.